The molecule has 1 aromatic rings. The predicted molar refractivity (Wildman–Crippen MR) is 57.5 cm³/mol. The molecule has 3 nitrogen and oxygen atoms in total. The van der Waals surface area contributed by atoms with E-state index in [9.17, 15) is 13.2 Å². The largest absolute Gasteiger partial charge is 0.377 e. The standard InChI is InChI=1S/C11H15F3N2O/c1-3-17-6(2)11(16-15)7-4-5-8(12)10(14)9(7)13/h4-6,11,16H,3,15H2,1-2H3. The summed E-state index contributed by atoms with van der Waals surface area (Å²) in [5, 5.41) is 0. The van der Waals surface area contributed by atoms with Crippen LogP contribution in [0.25, 0.3) is 0 Å². The van der Waals surface area contributed by atoms with Gasteiger partial charge in [-0.25, -0.2) is 13.2 Å². The summed E-state index contributed by atoms with van der Waals surface area (Å²) >= 11 is 0. The molecule has 0 bridgehead atoms. The Morgan fingerprint density at radius 3 is 2.47 bits per heavy atom. The lowest BCUT2D eigenvalue weighted by molar-refractivity contribution is 0.0460. The molecular weight excluding hydrogens is 233 g/mol. The maximum atomic E-state index is 13.5. The Morgan fingerprint density at radius 1 is 1.29 bits per heavy atom. The summed E-state index contributed by atoms with van der Waals surface area (Å²) in [5.74, 6) is 1.29. The van der Waals surface area contributed by atoms with Crippen molar-refractivity contribution < 1.29 is 17.9 Å². The van der Waals surface area contributed by atoms with Crippen LogP contribution in [0.4, 0.5) is 13.2 Å². The predicted octanol–water partition coefficient (Wildman–Crippen LogP) is 2.03. The third-order valence-electron chi connectivity index (χ3n) is 2.48. The molecule has 0 saturated carbocycles. The van der Waals surface area contributed by atoms with Crippen molar-refractivity contribution in [2.24, 2.45) is 5.84 Å². The second-order valence-corrected chi connectivity index (χ2v) is 3.57. The summed E-state index contributed by atoms with van der Waals surface area (Å²) in [6, 6.07) is 1.26. The van der Waals surface area contributed by atoms with Gasteiger partial charge < -0.3 is 4.74 Å². The number of halogens is 3. The zero-order valence-corrected chi connectivity index (χ0v) is 9.64. The molecule has 96 valence electrons. The lowest BCUT2D eigenvalue weighted by Gasteiger charge is -2.24. The summed E-state index contributed by atoms with van der Waals surface area (Å²) in [7, 11) is 0. The number of hydrazine groups is 1. The summed E-state index contributed by atoms with van der Waals surface area (Å²) in [5.41, 5.74) is 2.27. The van der Waals surface area contributed by atoms with Crippen LogP contribution < -0.4 is 11.3 Å². The summed E-state index contributed by atoms with van der Waals surface area (Å²) in [4.78, 5) is 0. The fourth-order valence-corrected chi connectivity index (χ4v) is 1.62. The van der Waals surface area contributed by atoms with Crippen molar-refractivity contribution in [1.29, 1.82) is 0 Å². The highest BCUT2D eigenvalue weighted by atomic mass is 19.2. The number of hydrogen-bond acceptors (Lipinski definition) is 3. The molecule has 1 rings (SSSR count). The van der Waals surface area contributed by atoms with Gasteiger partial charge in [-0.1, -0.05) is 6.07 Å². The number of hydrogen-bond donors (Lipinski definition) is 2. The van der Waals surface area contributed by atoms with E-state index in [4.69, 9.17) is 10.6 Å². The number of benzene rings is 1. The smallest absolute Gasteiger partial charge is 0.194 e. The minimum Gasteiger partial charge on any atom is -0.377 e. The third kappa shape index (κ3) is 2.96. The average Bonchev–Trinajstić information content (AvgIpc) is 2.30. The van der Waals surface area contributed by atoms with E-state index < -0.39 is 29.6 Å². The molecule has 17 heavy (non-hydrogen) atoms. The van der Waals surface area contributed by atoms with E-state index in [0.29, 0.717) is 6.61 Å². The van der Waals surface area contributed by atoms with Gasteiger partial charge in [-0.3, -0.25) is 11.3 Å². The topological polar surface area (TPSA) is 47.3 Å². The molecule has 2 atom stereocenters. The van der Waals surface area contributed by atoms with E-state index in [1.807, 2.05) is 0 Å². The molecule has 0 heterocycles. The Labute approximate surface area is 97.7 Å². The van der Waals surface area contributed by atoms with Crippen molar-refractivity contribution in [3.05, 3.63) is 35.1 Å². The lowest BCUT2D eigenvalue weighted by atomic mass is 10.0. The number of rotatable bonds is 5. The van der Waals surface area contributed by atoms with Crippen LogP contribution >= 0.6 is 0 Å². The first kappa shape index (κ1) is 14.0. The second-order valence-electron chi connectivity index (χ2n) is 3.57. The Morgan fingerprint density at radius 2 is 1.94 bits per heavy atom. The summed E-state index contributed by atoms with van der Waals surface area (Å²) in [6.45, 7) is 3.84. The van der Waals surface area contributed by atoms with E-state index in [0.717, 1.165) is 12.1 Å². The van der Waals surface area contributed by atoms with Crippen LogP contribution in [0.5, 0.6) is 0 Å². The molecule has 0 spiro atoms. The van der Waals surface area contributed by atoms with Gasteiger partial charge in [0.05, 0.1) is 12.1 Å². The van der Waals surface area contributed by atoms with Crippen LogP contribution in [0.15, 0.2) is 12.1 Å². The van der Waals surface area contributed by atoms with Crippen molar-refractivity contribution in [3.8, 4) is 0 Å². The van der Waals surface area contributed by atoms with Crippen LogP contribution in [-0.4, -0.2) is 12.7 Å². The van der Waals surface area contributed by atoms with Gasteiger partial charge in [0.25, 0.3) is 0 Å². The first-order chi connectivity index (χ1) is 8.02. The lowest BCUT2D eigenvalue weighted by Crippen LogP contribution is -2.37. The Bertz CT molecular complexity index is 387. The average molecular weight is 248 g/mol. The molecule has 0 radical (unpaired) electrons. The van der Waals surface area contributed by atoms with Gasteiger partial charge in [-0.2, -0.15) is 0 Å². The fourth-order valence-electron chi connectivity index (χ4n) is 1.62. The molecule has 0 amide bonds. The second kappa shape index (κ2) is 6.00. The zero-order chi connectivity index (χ0) is 13.0. The molecule has 2 unspecified atom stereocenters. The molecular formula is C11H15F3N2O. The van der Waals surface area contributed by atoms with Crippen LogP contribution in [0.3, 0.4) is 0 Å². The van der Waals surface area contributed by atoms with Gasteiger partial charge in [-0.15, -0.1) is 0 Å². The van der Waals surface area contributed by atoms with Gasteiger partial charge in [0.15, 0.2) is 17.5 Å². The molecule has 3 N–H and O–H groups in total. The number of nitrogens with two attached hydrogens (primary N) is 1. The van der Waals surface area contributed by atoms with Crippen LogP contribution in [0.1, 0.15) is 25.5 Å². The molecule has 0 aromatic heterocycles. The highest BCUT2D eigenvalue weighted by Crippen LogP contribution is 2.24. The van der Waals surface area contributed by atoms with Crippen LogP contribution in [-0.2, 0) is 4.74 Å². The Balaban J connectivity index is 3.08. The molecule has 6 heteroatoms. The summed E-state index contributed by atoms with van der Waals surface area (Å²) < 4.78 is 44.6. The van der Waals surface area contributed by atoms with E-state index >= 15 is 0 Å². The first-order valence-corrected chi connectivity index (χ1v) is 5.24. The molecule has 0 aliphatic carbocycles. The minimum atomic E-state index is -1.51. The van der Waals surface area contributed by atoms with Gasteiger partial charge in [0, 0.05) is 12.2 Å². The quantitative estimate of drug-likeness (QED) is 0.476. The third-order valence-corrected chi connectivity index (χ3v) is 2.48. The van der Waals surface area contributed by atoms with Crippen LogP contribution in [0, 0.1) is 17.5 Å². The van der Waals surface area contributed by atoms with Crippen molar-refractivity contribution >= 4 is 0 Å². The maximum absolute atomic E-state index is 13.5. The number of nitrogens with one attached hydrogen (secondary N) is 1. The fraction of sp³-hybridized carbons (Fsp3) is 0.455. The molecule has 0 aliphatic rings. The van der Waals surface area contributed by atoms with Gasteiger partial charge in [0.2, 0.25) is 0 Å². The van der Waals surface area contributed by atoms with E-state index in [1.54, 1.807) is 13.8 Å². The monoisotopic (exact) mass is 248 g/mol. The van der Waals surface area contributed by atoms with Gasteiger partial charge in [0.1, 0.15) is 0 Å². The van der Waals surface area contributed by atoms with E-state index in [2.05, 4.69) is 5.43 Å². The molecule has 0 saturated heterocycles. The first-order valence-electron chi connectivity index (χ1n) is 5.24. The number of ether oxygens (including phenoxy) is 1. The normalized spacial score (nSPS) is 14.7. The van der Waals surface area contributed by atoms with Crippen LogP contribution in [0.2, 0.25) is 0 Å². The molecule has 1 aromatic carbocycles. The Hall–Kier alpha value is -1.11. The zero-order valence-electron chi connectivity index (χ0n) is 9.64. The van der Waals surface area contributed by atoms with Crippen molar-refractivity contribution in [1.82, 2.24) is 5.43 Å². The summed E-state index contributed by atoms with van der Waals surface area (Å²) in [6.07, 6.45) is -0.468. The highest BCUT2D eigenvalue weighted by Gasteiger charge is 2.24. The Kier molecular flexibility index (Phi) is 4.92. The van der Waals surface area contributed by atoms with E-state index in [-0.39, 0.29) is 5.56 Å². The van der Waals surface area contributed by atoms with Gasteiger partial charge >= 0.3 is 0 Å². The highest BCUT2D eigenvalue weighted by molar-refractivity contribution is 5.24. The maximum Gasteiger partial charge on any atom is 0.194 e. The van der Waals surface area contributed by atoms with Crippen molar-refractivity contribution in [2.75, 3.05) is 6.61 Å². The molecule has 0 fully saturated rings. The van der Waals surface area contributed by atoms with E-state index in [1.165, 1.54) is 0 Å². The van der Waals surface area contributed by atoms with Crippen molar-refractivity contribution in [2.45, 2.75) is 26.0 Å². The van der Waals surface area contributed by atoms with Crippen molar-refractivity contribution in [3.63, 3.8) is 0 Å². The minimum absolute atomic E-state index is 0.0626. The van der Waals surface area contributed by atoms with Gasteiger partial charge in [-0.05, 0) is 19.9 Å². The SMILES string of the molecule is CCOC(C)C(NN)c1ccc(F)c(F)c1F. The molecule has 0 aliphatic heterocycles.